The van der Waals surface area contributed by atoms with E-state index in [1.165, 1.54) is 6.07 Å². The first-order chi connectivity index (χ1) is 9.29. The summed E-state index contributed by atoms with van der Waals surface area (Å²) in [5.74, 6) is 0.000801. The summed E-state index contributed by atoms with van der Waals surface area (Å²) in [5.41, 5.74) is 0.908. The van der Waals surface area contributed by atoms with E-state index < -0.39 is 0 Å². The molecule has 0 aliphatic rings. The molecule has 0 bridgehead atoms. The summed E-state index contributed by atoms with van der Waals surface area (Å²) in [6.45, 7) is 1.96. The van der Waals surface area contributed by atoms with Crippen LogP contribution in [0.3, 0.4) is 0 Å². The topological polar surface area (TPSA) is 39.1 Å². The van der Waals surface area contributed by atoms with Gasteiger partial charge in [-0.05, 0) is 31.2 Å². The van der Waals surface area contributed by atoms with Crippen molar-refractivity contribution in [1.82, 2.24) is 14.9 Å². The minimum Gasteiger partial charge on any atom is -0.490 e. The van der Waals surface area contributed by atoms with Crippen molar-refractivity contribution in [3.8, 4) is 5.75 Å². The number of benzene rings is 1. The average molecular weight is 263 g/mol. The number of hydrogen-bond acceptors (Lipinski definition) is 3. The molecule has 1 heterocycles. The maximum atomic E-state index is 13.7. The van der Waals surface area contributed by atoms with Crippen LogP contribution >= 0.6 is 0 Å². The van der Waals surface area contributed by atoms with Crippen molar-refractivity contribution in [1.29, 1.82) is 0 Å². The van der Waals surface area contributed by atoms with Gasteiger partial charge in [0.25, 0.3) is 0 Å². The van der Waals surface area contributed by atoms with Crippen molar-refractivity contribution in [3.63, 3.8) is 0 Å². The molecule has 0 atom stereocenters. The molecule has 0 aliphatic heterocycles. The summed E-state index contributed by atoms with van der Waals surface area (Å²) in [5, 5.41) is 2.98. The van der Waals surface area contributed by atoms with Crippen LogP contribution in [0.1, 0.15) is 12.0 Å². The van der Waals surface area contributed by atoms with E-state index >= 15 is 0 Å². The Bertz CT molecular complexity index is 499. The SMILES string of the molecule is CNCc1ccc(OCCCn2ccnc2)c(F)c1. The molecule has 1 N–H and O–H groups in total. The number of halogens is 1. The van der Waals surface area contributed by atoms with E-state index in [9.17, 15) is 4.39 Å². The maximum Gasteiger partial charge on any atom is 0.165 e. The first kappa shape index (κ1) is 13.5. The Hall–Kier alpha value is -1.88. The zero-order valence-corrected chi connectivity index (χ0v) is 11.0. The van der Waals surface area contributed by atoms with Crippen molar-refractivity contribution in [2.45, 2.75) is 19.5 Å². The lowest BCUT2D eigenvalue weighted by Crippen LogP contribution is -2.07. The van der Waals surface area contributed by atoms with Crippen LogP contribution in [0.2, 0.25) is 0 Å². The number of nitrogens with one attached hydrogen (secondary N) is 1. The van der Waals surface area contributed by atoms with Crippen LogP contribution in [0.25, 0.3) is 0 Å². The predicted molar refractivity (Wildman–Crippen MR) is 71.5 cm³/mol. The number of aryl methyl sites for hydroxylation is 1. The summed E-state index contributed by atoms with van der Waals surface area (Å²) < 4.78 is 21.1. The Morgan fingerprint density at radius 2 is 2.32 bits per heavy atom. The normalized spacial score (nSPS) is 10.6. The van der Waals surface area contributed by atoms with E-state index in [1.54, 1.807) is 18.6 Å². The lowest BCUT2D eigenvalue weighted by molar-refractivity contribution is 0.287. The van der Waals surface area contributed by atoms with Gasteiger partial charge in [-0.2, -0.15) is 0 Å². The van der Waals surface area contributed by atoms with Crippen LogP contribution in [-0.4, -0.2) is 23.2 Å². The van der Waals surface area contributed by atoms with Crippen molar-refractivity contribution in [2.75, 3.05) is 13.7 Å². The molecule has 1 aromatic carbocycles. The van der Waals surface area contributed by atoms with E-state index in [1.807, 2.05) is 23.9 Å². The van der Waals surface area contributed by atoms with E-state index in [-0.39, 0.29) is 5.82 Å². The average Bonchev–Trinajstić information content (AvgIpc) is 2.90. The van der Waals surface area contributed by atoms with Gasteiger partial charge in [0.2, 0.25) is 0 Å². The molecule has 0 spiro atoms. The third-order valence-electron chi connectivity index (χ3n) is 2.75. The van der Waals surface area contributed by atoms with Crippen LogP contribution in [0.5, 0.6) is 5.75 Å². The lowest BCUT2D eigenvalue weighted by atomic mass is 10.2. The van der Waals surface area contributed by atoms with E-state index in [4.69, 9.17) is 4.74 Å². The monoisotopic (exact) mass is 263 g/mol. The van der Waals surface area contributed by atoms with Gasteiger partial charge in [0.1, 0.15) is 0 Å². The summed E-state index contributed by atoms with van der Waals surface area (Å²) in [6, 6.07) is 5.05. The second-order valence-electron chi connectivity index (χ2n) is 4.30. The van der Waals surface area contributed by atoms with E-state index in [2.05, 4.69) is 10.3 Å². The summed E-state index contributed by atoms with van der Waals surface area (Å²) in [6.07, 6.45) is 6.20. The highest BCUT2D eigenvalue weighted by molar-refractivity contribution is 5.29. The third-order valence-corrected chi connectivity index (χ3v) is 2.75. The molecule has 5 heteroatoms. The van der Waals surface area contributed by atoms with Gasteiger partial charge in [-0.25, -0.2) is 9.37 Å². The lowest BCUT2D eigenvalue weighted by Gasteiger charge is -2.09. The Balaban J connectivity index is 1.79. The quantitative estimate of drug-likeness (QED) is 0.778. The van der Waals surface area contributed by atoms with Crippen LogP contribution in [0.4, 0.5) is 4.39 Å². The second-order valence-corrected chi connectivity index (χ2v) is 4.30. The van der Waals surface area contributed by atoms with Crippen LogP contribution in [-0.2, 0) is 13.1 Å². The fraction of sp³-hybridized carbons (Fsp3) is 0.357. The van der Waals surface area contributed by atoms with Crippen LogP contribution in [0, 0.1) is 5.82 Å². The summed E-state index contributed by atoms with van der Waals surface area (Å²) >= 11 is 0. The van der Waals surface area contributed by atoms with Crippen molar-refractivity contribution in [3.05, 3.63) is 48.3 Å². The first-order valence-corrected chi connectivity index (χ1v) is 6.31. The molecular weight excluding hydrogens is 245 g/mol. The Kier molecular flexibility index (Phi) is 4.92. The molecule has 19 heavy (non-hydrogen) atoms. The van der Waals surface area contributed by atoms with Crippen LogP contribution < -0.4 is 10.1 Å². The van der Waals surface area contributed by atoms with Crippen LogP contribution in [0.15, 0.2) is 36.9 Å². The van der Waals surface area contributed by atoms with Crippen molar-refractivity contribution in [2.24, 2.45) is 0 Å². The standard InChI is InChI=1S/C14H18FN3O/c1-16-10-12-3-4-14(13(15)9-12)19-8-2-6-18-7-5-17-11-18/h3-5,7,9,11,16H,2,6,8,10H2,1H3. The molecule has 4 nitrogen and oxygen atoms in total. The Labute approximate surface area is 112 Å². The largest absolute Gasteiger partial charge is 0.490 e. The highest BCUT2D eigenvalue weighted by Gasteiger charge is 2.04. The highest BCUT2D eigenvalue weighted by Crippen LogP contribution is 2.18. The molecule has 0 aliphatic carbocycles. The summed E-state index contributed by atoms with van der Waals surface area (Å²) in [7, 11) is 1.83. The predicted octanol–water partition coefficient (Wildman–Crippen LogP) is 2.21. The maximum absolute atomic E-state index is 13.7. The van der Waals surface area contributed by atoms with Crippen molar-refractivity contribution >= 4 is 0 Å². The molecule has 2 aromatic rings. The van der Waals surface area contributed by atoms with Gasteiger partial charge < -0.3 is 14.6 Å². The fourth-order valence-corrected chi connectivity index (χ4v) is 1.82. The molecule has 2 rings (SSSR count). The van der Waals surface area contributed by atoms with Gasteiger partial charge in [-0.15, -0.1) is 0 Å². The van der Waals surface area contributed by atoms with Gasteiger partial charge in [-0.3, -0.25) is 0 Å². The molecule has 102 valence electrons. The van der Waals surface area contributed by atoms with Gasteiger partial charge in [0.05, 0.1) is 12.9 Å². The highest BCUT2D eigenvalue weighted by atomic mass is 19.1. The number of aromatic nitrogens is 2. The minimum atomic E-state index is -0.310. The molecule has 0 saturated carbocycles. The second kappa shape index (κ2) is 6.89. The minimum absolute atomic E-state index is 0.310. The summed E-state index contributed by atoms with van der Waals surface area (Å²) in [4.78, 5) is 3.96. The molecule has 0 radical (unpaired) electrons. The van der Waals surface area contributed by atoms with Gasteiger partial charge in [0, 0.05) is 25.5 Å². The number of ether oxygens (including phenoxy) is 1. The molecule has 0 amide bonds. The Morgan fingerprint density at radius 1 is 1.42 bits per heavy atom. The number of imidazole rings is 1. The zero-order chi connectivity index (χ0) is 13.5. The van der Waals surface area contributed by atoms with Gasteiger partial charge >= 0.3 is 0 Å². The molecule has 0 unspecified atom stereocenters. The van der Waals surface area contributed by atoms with Gasteiger partial charge in [-0.1, -0.05) is 6.07 Å². The number of hydrogen-bond donors (Lipinski definition) is 1. The zero-order valence-electron chi connectivity index (χ0n) is 11.0. The van der Waals surface area contributed by atoms with Gasteiger partial charge in [0.15, 0.2) is 11.6 Å². The number of nitrogens with zero attached hydrogens (tertiary/aromatic N) is 2. The first-order valence-electron chi connectivity index (χ1n) is 6.31. The molecular formula is C14H18FN3O. The molecule has 0 fully saturated rings. The molecule has 1 aromatic heterocycles. The van der Waals surface area contributed by atoms with Crippen molar-refractivity contribution < 1.29 is 9.13 Å². The smallest absolute Gasteiger partial charge is 0.165 e. The van der Waals surface area contributed by atoms with E-state index in [0.717, 1.165) is 18.5 Å². The number of rotatable bonds is 7. The fourth-order valence-electron chi connectivity index (χ4n) is 1.82. The van der Waals surface area contributed by atoms with E-state index in [0.29, 0.717) is 18.9 Å². The third kappa shape index (κ3) is 4.06. The molecule has 0 saturated heterocycles. The Morgan fingerprint density at radius 3 is 3.00 bits per heavy atom.